The molecule has 0 aliphatic heterocycles. The zero-order valence-electron chi connectivity index (χ0n) is 13.5. The number of thioether (sulfide) groups is 2. The second-order valence-corrected chi connectivity index (χ2v) is 7.94. The van der Waals surface area contributed by atoms with Gasteiger partial charge in [-0.1, -0.05) is 6.92 Å². The van der Waals surface area contributed by atoms with E-state index >= 15 is 0 Å². The lowest BCUT2D eigenvalue weighted by molar-refractivity contribution is -0.0329. The molecule has 2 aromatic rings. The van der Waals surface area contributed by atoms with Gasteiger partial charge < -0.3 is 10.6 Å². The van der Waals surface area contributed by atoms with Crippen LogP contribution in [0.3, 0.4) is 0 Å². The van der Waals surface area contributed by atoms with Gasteiger partial charge in [0, 0.05) is 34.4 Å². The fraction of sp³-hybridized carbons (Fsp3) is 0.286. The Morgan fingerprint density at radius 1 is 1.31 bits per heavy atom. The summed E-state index contributed by atoms with van der Waals surface area (Å²) < 4.78 is 38.3. The van der Waals surface area contributed by atoms with E-state index in [4.69, 9.17) is 0 Å². The number of nitrogens with one attached hydrogen (secondary N) is 2. The van der Waals surface area contributed by atoms with E-state index in [-0.39, 0.29) is 22.2 Å². The number of aromatic nitrogens is 3. The van der Waals surface area contributed by atoms with Crippen molar-refractivity contribution in [2.24, 2.45) is 0 Å². The number of halogens is 4. The van der Waals surface area contributed by atoms with Gasteiger partial charge in [-0.25, -0.2) is 4.98 Å². The SMILES string of the molecule is CCSc1cc(Br)cnc1C(=O)Nc1cc(SC(F)(F)F)nnc1NC. The standard InChI is InChI=1S/C14H13BrF3N5OS2/c1-3-25-9-4-7(15)6-20-11(9)13(24)21-8-5-10(26-14(16,17)18)22-23-12(8)19-2/h4-6H,3H2,1-2H3,(H,19,23)(H,21,22,24). The van der Waals surface area contributed by atoms with Crippen LogP contribution in [-0.2, 0) is 0 Å². The molecule has 2 heterocycles. The number of carbonyl (C=O) groups is 1. The second kappa shape index (κ2) is 8.91. The Hall–Kier alpha value is -1.53. The first-order chi connectivity index (χ1) is 12.2. The van der Waals surface area contributed by atoms with E-state index in [0.29, 0.717) is 4.90 Å². The molecule has 0 saturated heterocycles. The van der Waals surface area contributed by atoms with Crippen LogP contribution < -0.4 is 10.6 Å². The molecular formula is C14H13BrF3N5OS2. The third-order valence-corrected chi connectivity index (χ3v) is 4.80. The summed E-state index contributed by atoms with van der Waals surface area (Å²) >= 11 is 4.32. The maximum atomic E-state index is 12.6. The zero-order valence-corrected chi connectivity index (χ0v) is 16.7. The van der Waals surface area contributed by atoms with Crippen LogP contribution in [0.25, 0.3) is 0 Å². The minimum Gasteiger partial charge on any atom is -0.370 e. The van der Waals surface area contributed by atoms with E-state index in [0.717, 1.165) is 16.3 Å². The lowest BCUT2D eigenvalue weighted by Gasteiger charge is -2.12. The minimum absolute atomic E-state index is 0.0800. The lowest BCUT2D eigenvalue weighted by atomic mass is 10.3. The Kier molecular flexibility index (Phi) is 7.12. The van der Waals surface area contributed by atoms with Crippen molar-refractivity contribution in [2.45, 2.75) is 22.4 Å². The van der Waals surface area contributed by atoms with E-state index in [1.165, 1.54) is 25.0 Å². The highest BCUT2D eigenvalue weighted by Crippen LogP contribution is 2.37. The van der Waals surface area contributed by atoms with Gasteiger partial charge in [0.15, 0.2) is 5.82 Å². The fourth-order valence-electron chi connectivity index (χ4n) is 1.86. The highest BCUT2D eigenvalue weighted by molar-refractivity contribution is 9.10. The number of hydrogen-bond acceptors (Lipinski definition) is 7. The highest BCUT2D eigenvalue weighted by Gasteiger charge is 2.31. The largest absolute Gasteiger partial charge is 0.447 e. The smallest absolute Gasteiger partial charge is 0.370 e. The van der Waals surface area contributed by atoms with Gasteiger partial charge in [0.2, 0.25) is 0 Å². The summed E-state index contributed by atoms with van der Waals surface area (Å²) in [7, 11) is 1.52. The van der Waals surface area contributed by atoms with Crippen molar-refractivity contribution in [1.82, 2.24) is 15.2 Å². The molecule has 1 amide bonds. The molecule has 0 spiro atoms. The van der Waals surface area contributed by atoms with Gasteiger partial charge in [-0.05, 0) is 33.8 Å². The van der Waals surface area contributed by atoms with Crippen molar-refractivity contribution >= 4 is 56.9 Å². The number of hydrogen-bond donors (Lipinski definition) is 2. The predicted octanol–water partition coefficient (Wildman–Crippen LogP) is 4.65. The Morgan fingerprint density at radius 3 is 2.65 bits per heavy atom. The van der Waals surface area contributed by atoms with Crippen molar-refractivity contribution in [3.05, 3.63) is 28.5 Å². The van der Waals surface area contributed by atoms with E-state index in [1.807, 2.05) is 6.92 Å². The van der Waals surface area contributed by atoms with Gasteiger partial charge in [-0.2, -0.15) is 13.2 Å². The summed E-state index contributed by atoms with van der Waals surface area (Å²) in [6, 6.07) is 2.87. The Morgan fingerprint density at radius 2 is 2.04 bits per heavy atom. The van der Waals surface area contributed by atoms with Gasteiger partial charge in [-0.15, -0.1) is 22.0 Å². The molecule has 2 N–H and O–H groups in total. The molecule has 0 fully saturated rings. The van der Waals surface area contributed by atoms with Crippen LogP contribution in [-0.4, -0.2) is 39.4 Å². The number of pyridine rings is 1. The summed E-state index contributed by atoms with van der Waals surface area (Å²) in [5.74, 6) is 0.316. The monoisotopic (exact) mass is 467 g/mol. The van der Waals surface area contributed by atoms with Crippen LogP contribution >= 0.6 is 39.5 Å². The molecule has 2 rings (SSSR count). The topological polar surface area (TPSA) is 79.8 Å². The average molecular weight is 468 g/mol. The van der Waals surface area contributed by atoms with Gasteiger partial charge in [-0.3, -0.25) is 4.79 Å². The summed E-state index contributed by atoms with van der Waals surface area (Å²) in [6.45, 7) is 1.93. The first-order valence-corrected chi connectivity index (χ1v) is 9.74. The van der Waals surface area contributed by atoms with Gasteiger partial charge in [0.25, 0.3) is 5.91 Å². The quantitative estimate of drug-likeness (QED) is 0.598. The third kappa shape index (κ3) is 5.74. The molecule has 6 nitrogen and oxygen atoms in total. The van der Waals surface area contributed by atoms with E-state index in [2.05, 4.69) is 41.7 Å². The first kappa shape index (κ1) is 20.8. The van der Waals surface area contributed by atoms with E-state index < -0.39 is 23.2 Å². The normalized spacial score (nSPS) is 11.3. The number of carbonyl (C=O) groups excluding carboxylic acids is 1. The van der Waals surface area contributed by atoms with Crippen LogP contribution in [0.4, 0.5) is 24.7 Å². The lowest BCUT2D eigenvalue weighted by Crippen LogP contribution is -2.17. The molecule has 0 aromatic carbocycles. The number of alkyl halides is 3. The molecule has 0 aliphatic carbocycles. The van der Waals surface area contributed by atoms with Gasteiger partial charge >= 0.3 is 5.51 Å². The molecule has 2 aromatic heterocycles. The second-order valence-electron chi connectivity index (χ2n) is 4.63. The van der Waals surface area contributed by atoms with Crippen molar-refractivity contribution < 1.29 is 18.0 Å². The number of amides is 1. The number of nitrogens with zero attached hydrogens (tertiary/aromatic N) is 3. The van der Waals surface area contributed by atoms with Crippen LogP contribution in [0.2, 0.25) is 0 Å². The molecule has 0 atom stereocenters. The molecule has 140 valence electrons. The van der Waals surface area contributed by atoms with Crippen LogP contribution in [0.15, 0.2) is 32.7 Å². The number of rotatable bonds is 6. The summed E-state index contributed by atoms with van der Waals surface area (Å²) in [6.07, 6.45) is 1.48. The van der Waals surface area contributed by atoms with E-state index in [1.54, 1.807) is 6.07 Å². The van der Waals surface area contributed by atoms with E-state index in [9.17, 15) is 18.0 Å². The van der Waals surface area contributed by atoms with Crippen molar-refractivity contribution in [2.75, 3.05) is 23.4 Å². The van der Waals surface area contributed by atoms with Crippen molar-refractivity contribution in [1.29, 1.82) is 0 Å². The predicted molar refractivity (Wildman–Crippen MR) is 99.8 cm³/mol. The maximum Gasteiger partial charge on any atom is 0.447 e. The maximum absolute atomic E-state index is 12.6. The molecule has 0 bridgehead atoms. The Bertz CT molecular complexity index is 807. The van der Waals surface area contributed by atoms with Crippen molar-refractivity contribution in [3.8, 4) is 0 Å². The molecular weight excluding hydrogens is 455 g/mol. The minimum atomic E-state index is -4.50. The van der Waals surface area contributed by atoms with Crippen LogP contribution in [0, 0.1) is 0 Å². The Balaban J connectivity index is 2.32. The first-order valence-electron chi connectivity index (χ1n) is 7.14. The highest BCUT2D eigenvalue weighted by atomic mass is 79.9. The third-order valence-electron chi connectivity index (χ3n) is 2.81. The Labute approximate surface area is 164 Å². The molecule has 26 heavy (non-hydrogen) atoms. The molecule has 12 heteroatoms. The van der Waals surface area contributed by atoms with Crippen LogP contribution in [0.1, 0.15) is 17.4 Å². The molecule has 0 radical (unpaired) electrons. The van der Waals surface area contributed by atoms with Gasteiger partial charge in [0.1, 0.15) is 10.7 Å². The summed E-state index contributed by atoms with van der Waals surface area (Å²) in [5, 5.41) is 12.0. The zero-order chi connectivity index (χ0) is 19.3. The van der Waals surface area contributed by atoms with Crippen molar-refractivity contribution in [3.63, 3.8) is 0 Å². The fourth-order valence-corrected chi connectivity index (χ4v) is 3.64. The average Bonchev–Trinajstić information content (AvgIpc) is 2.54. The molecule has 0 aliphatic rings. The van der Waals surface area contributed by atoms with Gasteiger partial charge in [0.05, 0.1) is 5.69 Å². The number of anilines is 2. The molecule has 0 unspecified atom stereocenters. The summed E-state index contributed by atoms with van der Waals surface area (Å²) in [4.78, 5) is 17.3. The summed E-state index contributed by atoms with van der Waals surface area (Å²) in [5.41, 5.74) is -4.25. The molecule has 0 saturated carbocycles. The van der Waals surface area contributed by atoms with Crippen LogP contribution in [0.5, 0.6) is 0 Å².